The van der Waals surface area contributed by atoms with E-state index in [9.17, 15) is 9.59 Å². The molecule has 0 radical (unpaired) electrons. The van der Waals surface area contributed by atoms with Crippen LogP contribution in [0.2, 0.25) is 0 Å². The fourth-order valence-corrected chi connectivity index (χ4v) is 4.76. The van der Waals surface area contributed by atoms with Gasteiger partial charge in [-0.05, 0) is 48.9 Å². The summed E-state index contributed by atoms with van der Waals surface area (Å²) in [5.74, 6) is 0.916. The molecule has 0 aromatic heterocycles. The Morgan fingerprint density at radius 3 is 2.24 bits per heavy atom. The zero-order valence-corrected chi connectivity index (χ0v) is 19.4. The molecule has 174 valence electrons. The number of carbonyl (C=O) groups excluding carboxylic acids is 2. The summed E-state index contributed by atoms with van der Waals surface area (Å²) in [6.45, 7) is 5.69. The summed E-state index contributed by atoms with van der Waals surface area (Å²) in [6, 6.07) is 25.5. The number of ether oxygens (including phenoxy) is 1. The Balaban J connectivity index is 1.28. The van der Waals surface area contributed by atoms with E-state index in [-0.39, 0.29) is 17.7 Å². The highest BCUT2D eigenvalue weighted by Crippen LogP contribution is 2.39. The van der Waals surface area contributed by atoms with Gasteiger partial charge in [0.2, 0.25) is 5.91 Å². The Kier molecular flexibility index (Phi) is 6.32. The SMILES string of the molecule is CC(=O)c1ccc(N2CCN(CC(=O)N3c4ccccc4OCC3c3ccccc3)CC2)cc1. The van der Waals surface area contributed by atoms with Gasteiger partial charge in [0.1, 0.15) is 12.4 Å². The standard InChI is InChI=1S/C28H29N3O3/c1-21(32)22-11-13-24(14-12-22)30-17-15-29(16-18-30)19-28(33)31-25-9-5-6-10-27(25)34-20-26(31)23-7-3-2-4-8-23/h2-14,26H,15-20H2,1H3. The Morgan fingerprint density at radius 1 is 0.853 bits per heavy atom. The smallest absolute Gasteiger partial charge is 0.241 e. The van der Waals surface area contributed by atoms with E-state index in [0.29, 0.717) is 13.2 Å². The van der Waals surface area contributed by atoms with Crippen LogP contribution in [0.15, 0.2) is 78.9 Å². The third kappa shape index (κ3) is 4.54. The van der Waals surface area contributed by atoms with E-state index >= 15 is 0 Å². The van der Waals surface area contributed by atoms with Gasteiger partial charge in [0, 0.05) is 37.4 Å². The van der Waals surface area contributed by atoms with Gasteiger partial charge in [-0.3, -0.25) is 19.4 Å². The van der Waals surface area contributed by atoms with E-state index < -0.39 is 0 Å². The molecule has 2 heterocycles. The first-order chi connectivity index (χ1) is 16.6. The minimum Gasteiger partial charge on any atom is -0.489 e. The quantitative estimate of drug-likeness (QED) is 0.541. The van der Waals surface area contributed by atoms with Crippen LogP contribution in [-0.2, 0) is 4.79 Å². The van der Waals surface area contributed by atoms with Crippen LogP contribution >= 0.6 is 0 Å². The predicted octanol–water partition coefficient (Wildman–Crippen LogP) is 4.18. The van der Waals surface area contributed by atoms with Gasteiger partial charge >= 0.3 is 0 Å². The molecule has 0 spiro atoms. The number of ketones is 1. The lowest BCUT2D eigenvalue weighted by molar-refractivity contribution is -0.120. The Hall–Kier alpha value is -3.64. The van der Waals surface area contributed by atoms with Crippen LogP contribution in [0.25, 0.3) is 0 Å². The predicted molar refractivity (Wildman–Crippen MR) is 134 cm³/mol. The zero-order valence-electron chi connectivity index (χ0n) is 19.4. The van der Waals surface area contributed by atoms with Crippen molar-refractivity contribution in [2.24, 2.45) is 0 Å². The summed E-state index contributed by atoms with van der Waals surface area (Å²) >= 11 is 0. The molecule has 3 aromatic carbocycles. The van der Waals surface area contributed by atoms with Gasteiger partial charge in [-0.1, -0.05) is 42.5 Å². The maximum Gasteiger partial charge on any atom is 0.241 e. The number of benzene rings is 3. The van der Waals surface area contributed by atoms with Crippen LogP contribution in [-0.4, -0.2) is 55.9 Å². The van der Waals surface area contributed by atoms with Gasteiger partial charge in [0.15, 0.2) is 5.78 Å². The fraction of sp³-hybridized carbons (Fsp3) is 0.286. The van der Waals surface area contributed by atoms with Crippen LogP contribution in [0.5, 0.6) is 5.75 Å². The molecule has 34 heavy (non-hydrogen) atoms. The second kappa shape index (κ2) is 9.69. The molecule has 0 N–H and O–H groups in total. The van der Waals surface area contributed by atoms with Crippen molar-refractivity contribution in [3.05, 3.63) is 90.0 Å². The number of piperazine rings is 1. The van der Waals surface area contributed by atoms with Crippen LogP contribution in [0.4, 0.5) is 11.4 Å². The summed E-state index contributed by atoms with van der Waals surface area (Å²) < 4.78 is 6.01. The van der Waals surface area contributed by atoms with Crippen LogP contribution in [0.1, 0.15) is 28.9 Å². The monoisotopic (exact) mass is 455 g/mol. The third-order valence-corrected chi connectivity index (χ3v) is 6.66. The topological polar surface area (TPSA) is 53.1 Å². The van der Waals surface area contributed by atoms with Crippen molar-refractivity contribution in [2.75, 3.05) is 49.1 Å². The van der Waals surface area contributed by atoms with Crippen LogP contribution < -0.4 is 14.5 Å². The van der Waals surface area contributed by atoms with E-state index in [0.717, 1.165) is 54.4 Å². The highest BCUT2D eigenvalue weighted by molar-refractivity contribution is 5.97. The lowest BCUT2D eigenvalue weighted by atomic mass is 10.0. The van der Waals surface area contributed by atoms with Gasteiger partial charge in [-0.2, -0.15) is 0 Å². The first-order valence-corrected chi connectivity index (χ1v) is 11.8. The molecule has 1 amide bonds. The first-order valence-electron chi connectivity index (χ1n) is 11.8. The molecule has 1 saturated heterocycles. The summed E-state index contributed by atoms with van der Waals surface area (Å²) in [7, 11) is 0. The second-order valence-corrected chi connectivity index (χ2v) is 8.84. The highest BCUT2D eigenvalue weighted by atomic mass is 16.5. The summed E-state index contributed by atoms with van der Waals surface area (Å²) in [6.07, 6.45) is 0. The fourth-order valence-electron chi connectivity index (χ4n) is 4.76. The molecule has 3 aromatic rings. The van der Waals surface area contributed by atoms with E-state index in [2.05, 4.69) is 21.9 Å². The van der Waals surface area contributed by atoms with Gasteiger partial charge in [-0.15, -0.1) is 0 Å². The number of amides is 1. The summed E-state index contributed by atoms with van der Waals surface area (Å²) in [5, 5.41) is 0. The zero-order chi connectivity index (χ0) is 23.5. The molecule has 0 aliphatic carbocycles. The number of anilines is 2. The van der Waals surface area contributed by atoms with Gasteiger partial charge < -0.3 is 9.64 Å². The molecule has 1 fully saturated rings. The van der Waals surface area contributed by atoms with Crippen molar-refractivity contribution < 1.29 is 14.3 Å². The average molecular weight is 456 g/mol. The lowest BCUT2D eigenvalue weighted by Crippen LogP contribution is -2.51. The van der Waals surface area contributed by atoms with Gasteiger partial charge in [-0.25, -0.2) is 0 Å². The molecule has 0 saturated carbocycles. The van der Waals surface area contributed by atoms with E-state index in [1.807, 2.05) is 71.6 Å². The molecule has 1 atom stereocenters. The molecule has 0 bridgehead atoms. The van der Waals surface area contributed by atoms with Crippen LogP contribution in [0.3, 0.4) is 0 Å². The Bertz CT molecular complexity index is 1160. The molecular formula is C28H29N3O3. The van der Waals surface area contributed by atoms with E-state index in [1.165, 1.54) is 0 Å². The largest absolute Gasteiger partial charge is 0.489 e. The molecule has 1 unspecified atom stereocenters. The minimum absolute atomic E-state index is 0.0772. The molecule has 2 aliphatic heterocycles. The Morgan fingerprint density at radius 2 is 1.53 bits per heavy atom. The highest BCUT2D eigenvalue weighted by Gasteiger charge is 2.34. The Labute approximate surface area is 200 Å². The maximum absolute atomic E-state index is 13.6. The van der Waals surface area contributed by atoms with Gasteiger partial charge in [0.25, 0.3) is 0 Å². The lowest BCUT2D eigenvalue weighted by Gasteiger charge is -2.40. The minimum atomic E-state index is -0.148. The summed E-state index contributed by atoms with van der Waals surface area (Å²) in [4.78, 5) is 31.6. The first kappa shape index (κ1) is 22.2. The number of hydrogen-bond donors (Lipinski definition) is 0. The third-order valence-electron chi connectivity index (χ3n) is 6.66. The number of hydrogen-bond acceptors (Lipinski definition) is 5. The molecule has 6 heteroatoms. The number of fused-ring (bicyclic) bond motifs is 1. The van der Waals surface area contributed by atoms with E-state index in [4.69, 9.17) is 4.74 Å². The molecule has 2 aliphatic rings. The molecule has 6 nitrogen and oxygen atoms in total. The van der Waals surface area contributed by atoms with Crippen molar-refractivity contribution in [1.29, 1.82) is 0 Å². The van der Waals surface area contributed by atoms with Crippen molar-refractivity contribution in [2.45, 2.75) is 13.0 Å². The van der Waals surface area contributed by atoms with Crippen molar-refractivity contribution in [3.63, 3.8) is 0 Å². The number of carbonyl (C=O) groups is 2. The van der Waals surface area contributed by atoms with Gasteiger partial charge in [0.05, 0.1) is 18.3 Å². The number of nitrogens with zero attached hydrogens (tertiary/aromatic N) is 3. The number of Topliss-reactive ketones (excluding diaryl/α,β-unsaturated/α-hetero) is 1. The summed E-state index contributed by atoms with van der Waals surface area (Å²) in [5.41, 5.74) is 3.75. The van der Waals surface area contributed by atoms with E-state index in [1.54, 1.807) is 6.92 Å². The van der Waals surface area contributed by atoms with Crippen molar-refractivity contribution in [3.8, 4) is 5.75 Å². The second-order valence-electron chi connectivity index (χ2n) is 8.84. The van der Waals surface area contributed by atoms with Crippen LogP contribution in [0, 0.1) is 0 Å². The normalized spacial score (nSPS) is 18.2. The number of para-hydroxylation sites is 2. The molecular weight excluding hydrogens is 426 g/mol. The maximum atomic E-state index is 13.6. The average Bonchev–Trinajstić information content (AvgIpc) is 2.89. The van der Waals surface area contributed by atoms with Crippen molar-refractivity contribution >= 4 is 23.1 Å². The molecule has 5 rings (SSSR count). The number of rotatable bonds is 5. The van der Waals surface area contributed by atoms with Crippen molar-refractivity contribution in [1.82, 2.24) is 4.90 Å².